The highest BCUT2D eigenvalue weighted by molar-refractivity contribution is 5.07. The molecule has 0 unspecified atom stereocenters. The van der Waals surface area contributed by atoms with Crippen LogP contribution in [0.25, 0.3) is 0 Å². The Hall–Kier alpha value is -0.840. The van der Waals surface area contributed by atoms with Crippen molar-refractivity contribution in [2.45, 2.75) is 52.2 Å². The van der Waals surface area contributed by atoms with E-state index in [9.17, 15) is 0 Å². The summed E-state index contributed by atoms with van der Waals surface area (Å²) in [6.45, 7) is 11.1. The van der Waals surface area contributed by atoms with Crippen LogP contribution in [0.5, 0.6) is 0 Å². The first-order valence-electron chi connectivity index (χ1n) is 8.01. The van der Waals surface area contributed by atoms with E-state index < -0.39 is 0 Å². The molecule has 4 nitrogen and oxygen atoms in total. The average molecular weight is 294 g/mol. The fraction of sp³-hybridized carbons (Fsp3) is 0.765. The van der Waals surface area contributed by atoms with Gasteiger partial charge in [-0.05, 0) is 58.7 Å². The largest absolute Gasteiger partial charge is 0.463 e. The third kappa shape index (κ3) is 6.20. The first-order chi connectivity index (χ1) is 9.92. The molecule has 0 aromatic carbocycles. The second kappa shape index (κ2) is 7.43. The van der Waals surface area contributed by atoms with Gasteiger partial charge in [-0.1, -0.05) is 0 Å². The van der Waals surface area contributed by atoms with Crippen molar-refractivity contribution < 1.29 is 9.15 Å². The number of nitrogens with one attached hydrogen (secondary N) is 1. The van der Waals surface area contributed by atoms with Gasteiger partial charge >= 0.3 is 0 Å². The van der Waals surface area contributed by atoms with E-state index >= 15 is 0 Å². The molecule has 1 N–H and O–H groups in total. The fourth-order valence-electron chi connectivity index (χ4n) is 2.65. The van der Waals surface area contributed by atoms with Gasteiger partial charge in [0.25, 0.3) is 0 Å². The summed E-state index contributed by atoms with van der Waals surface area (Å²) in [4.78, 5) is 2.36. The van der Waals surface area contributed by atoms with Gasteiger partial charge in [-0.25, -0.2) is 0 Å². The molecule has 2 heterocycles. The van der Waals surface area contributed by atoms with Crippen molar-refractivity contribution in [3.63, 3.8) is 0 Å². The van der Waals surface area contributed by atoms with Crippen molar-refractivity contribution in [2.24, 2.45) is 5.92 Å². The maximum absolute atomic E-state index is 5.91. The molecule has 1 aromatic rings. The van der Waals surface area contributed by atoms with Crippen molar-refractivity contribution in [1.82, 2.24) is 10.2 Å². The van der Waals surface area contributed by atoms with Gasteiger partial charge < -0.3 is 14.5 Å². The van der Waals surface area contributed by atoms with E-state index in [1.165, 1.54) is 12.8 Å². The molecule has 0 aliphatic carbocycles. The minimum atomic E-state index is 0.118. The monoisotopic (exact) mass is 294 g/mol. The van der Waals surface area contributed by atoms with Crippen molar-refractivity contribution in [3.05, 3.63) is 23.7 Å². The van der Waals surface area contributed by atoms with Crippen LogP contribution in [0.4, 0.5) is 0 Å². The second-order valence-electron chi connectivity index (χ2n) is 7.22. The SMILES string of the molecule is CN(Cc1ccc(CNC(C)(C)C)o1)CC1CCOCC1. The van der Waals surface area contributed by atoms with Gasteiger partial charge in [-0.15, -0.1) is 0 Å². The van der Waals surface area contributed by atoms with Gasteiger partial charge in [0.15, 0.2) is 0 Å². The predicted octanol–water partition coefficient (Wildman–Crippen LogP) is 3.03. The molecule has 0 atom stereocenters. The summed E-state index contributed by atoms with van der Waals surface area (Å²) < 4.78 is 11.3. The van der Waals surface area contributed by atoms with Crippen LogP contribution < -0.4 is 5.32 Å². The Bertz CT molecular complexity index is 417. The van der Waals surface area contributed by atoms with Crippen LogP contribution >= 0.6 is 0 Å². The molecule has 0 spiro atoms. The van der Waals surface area contributed by atoms with E-state index in [0.29, 0.717) is 0 Å². The molecule has 0 radical (unpaired) electrons. The number of furan rings is 1. The molecule has 0 bridgehead atoms. The zero-order valence-electron chi connectivity index (χ0n) is 13.9. The van der Waals surface area contributed by atoms with Crippen LogP contribution in [-0.4, -0.2) is 37.2 Å². The second-order valence-corrected chi connectivity index (χ2v) is 7.22. The van der Waals surface area contributed by atoms with E-state index in [1.807, 2.05) is 0 Å². The molecule has 1 saturated heterocycles. The summed E-state index contributed by atoms with van der Waals surface area (Å²) in [5.41, 5.74) is 0.118. The number of nitrogens with zero attached hydrogens (tertiary/aromatic N) is 1. The van der Waals surface area contributed by atoms with E-state index in [0.717, 1.165) is 50.3 Å². The summed E-state index contributed by atoms with van der Waals surface area (Å²) in [6.07, 6.45) is 2.37. The first kappa shape index (κ1) is 16.5. The molecular weight excluding hydrogens is 264 g/mol. The van der Waals surface area contributed by atoms with Crippen LogP contribution in [0, 0.1) is 5.92 Å². The predicted molar refractivity (Wildman–Crippen MR) is 85.2 cm³/mol. The van der Waals surface area contributed by atoms with Gasteiger partial charge in [0.1, 0.15) is 11.5 Å². The third-order valence-electron chi connectivity index (χ3n) is 3.85. The number of hydrogen-bond acceptors (Lipinski definition) is 4. The van der Waals surface area contributed by atoms with E-state index in [4.69, 9.17) is 9.15 Å². The van der Waals surface area contributed by atoms with Gasteiger partial charge in [-0.3, -0.25) is 4.90 Å². The Balaban J connectivity index is 1.75. The molecule has 4 heteroatoms. The van der Waals surface area contributed by atoms with Crippen molar-refractivity contribution in [1.29, 1.82) is 0 Å². The van der Waals surface area contributed by atoms with Crippen molar-refractivity contribution in [3.8, 4) is 0 Å². The average Bonchev–Trinajstić information content (AvgIpc) is 2.84. The summed E-state index contributed by atoms with van der Waals surface area (Å²) in [6, 6.07) is 4.18. The fourth-order valence-corrected chi connectivity index (χ4v) is 2.65. The Morgan fingerprint density at radius 1 is 1.19 bits per heavy atom. The van der Waals surface area contributed by atoms with Gasteiger partial charge in [-0.2, -0.15) is 0 Å². The van der Waals surface area contributed by atoms with E-state index in [-0.39, 0.29) is 5.54 Å². The topological polar surface area (TPSA) is 37.6 Å². The zero-order valence-corrected chi connectivity index (χ0v) is 13.9. The van der Waals surface area contributed by atoms with Crippen LogP contribution in [-0.2, 0) is 17.8 Å². The third-order valence-corrected chi connectivity index (χ3v) is 3.85. The lowest BCUT2D eigenvalue weighted by molar-refractivity contribution is 0.0542. The number of hydrogen-bond donors (Lipinski definition) is 1. The molecular formula is C17H30N2O2. The Morgan fingerprint density at radius 3 is 2.52 bits per heavy atom. The lowest BCUT2D eigenvalue weighted by Crippen LogP contribution is -2.34. The zero-order chi connectivity index (χ0) is 15.3. The molecule has 1 aliphatic heterocycles. The molecule has 1 aromatic heterocycles. The van der Waals surface area contributed by atoms with Crippen LogP contribution in [0.15, 0.2) is 16.5 Å². The van der Waals surface area contributed by atoms with Gasteiger partial charge in [0, 0.05) is 25.3 Å². The van der Waals surface area contributed by atoms with Crippen molar-refractivity contribution in [2.75, 3.05) is 26.8 Å². The Kier molecular flexibility index (Phi) is 5.85. The molecule has 1 fully saturated rings. The highest BCUT2D eigenvalue weighted by atomic mass is 16.5. The van der Waals surface area contributed by atoms with Gasteiger partial charge in [0.2, 0.25) is 0 Å². The molecule has 120 valence electrons. The normalized spacial score (nSPS) is 17.6. The molecule has 0 amide bonds. The standard InChI is InChI=1S/C17H30N2O2/c1-17(2,3)18-11-15-5-6-16(21-15)13-19(4)12-14-7-9-20-10-8-14/h5-6,14,18H,7-13H2,1-4H3. The van der Waals surface area contributed by atoms with Crippen molar-refractivity contribution >= 4 is 0 Å². The van der Waals surface area contributed by atoms with Crippen LogP contribution in [0.2, 0.25) is 0 Å². The number of ether oxygens (including phenoxy) is 1. The Morgan fingerprint density at radius 2 is 1.86 bits per heavy atom. The number of rotatable bonds is 6. The minimum absolute atomic E-state index is 0.118. The lowest BCUT2D eigenvalue weighted by atomic mass is 10.00. The molecule has 21 heavy (non-hydrogen) atoms. The smallest absolute Gasteiger partial charge is 0.118 e. The molecule has 0 saturated carbocycles. The maximum atomic E-state index is 5.91. The lowest BCUT2D eigenvalue weighted by Gasteiger charge is -2.26. The van der Waals surface area contributed by atoms with Crippen LogP contribution in [0.3, 0.4) is 0 Å². The van der Waals surface area contributed by atoms with Crippen LogP contribution in [0.1, 0.15) is 45.1 Å². The van der Waals surface area contributed by atoms with Gasteiger partial charge in [0.05, 0.1) is 13.1 Å². The van der Waals surface area contributed by atoms with E-state index in [2.05, 4.69) is 50.2 Å². The quantitative estimate of drug-likeness (QED) is 0.875. The molecule has 2 rings (SSSR count). The summed E-state index contributed by atoms with van der Waals surface area (Å²) in [5.74, 6) is 2.83. The maximum Gasteiger partial charge on any atom is 0.118 e. The first-order valence-corrected chi connectivity index (χ1v) is 8.01. The Labute approximate surface area is 128 Å². The molecule has 1 aliphatic rings. The van der Waals surface area contributed by atoms with E-state index in [1.54, 1.807) is 0 Å². The highest BCUT2D eigenvalue weighted by Crippen LogP contribution is 2.17. The summed E-state index contributed by atoms with van der Waals surface area (Å²) in [5, 5.41) is 3.45. The summed E-state index contributed by atoms with van der Waals surface area (Å²) >= 11 is 0. The minimum Gasteiger partial charge on any atom is -0.463 e. The highest BCUT2D eigenvalue weighted by Gasteiger charge is 2.16. The summed E-state index contributed by atoms with van der Waals surface area (Å²) in [7, 11) is 2.17.